The Kier molecular flexibility index (Phi) is 6.07. The second kappa shape index (κ2) is 8.03. The molecule has 22 heavy (non-hydrogen) atoms. The smallest absolute Gasteiger partial charge is 0.315 e. The monoisotopic (exact) mass is 305 g/mol. The number of anilines is 1. The Labute approximate surface area is 132 Å². The molecule has 0 bridgehead atoms. The lowest BCUT2D eigenvalue weighted by Crippen LogP contribution is -2.52. The Hall–Kier alpha value is -1.75. The molecule has 1 saturated heterocycles. The highest BCUT2D eigenvalue weighted by atomic mass is 16.3. The van der Waals surface area contributed by atoms with Gasteiger partial charge in [0.25, 0.3) is 0 Å². The van der Waals surface area contributed by atoms with Crippen LogP contribution in [-0.4, -0.2) is 42.9 Å². The summed E-state index contributed by atoms with van der Waals surface area (Å²) in [6.07, 6.45) is 2.66. The average Bonchev–Trinajstić information content (AvgIpc) is 2.48. The normalized spacial score (nSPS) is 19.6. The van der Waals surface area contributed by atoms with E-state index >= 15 is 0 Å². The number of piperidine rings is 1. The van der Waals surface area contributed by atoms with E-state index in [9.17, 15) is 4.79 Å². The molecule has 2 amide bonds. The molecular weight excluding hydrogens is 278 g/mol. The van der Waals surface area contributed by atoms with Gasteiger partial charge in [0.05, 0.1) is 0 Å². The maximum Gasteiger partial charge on any atom is 0.315 e. The molecule has 122 valence electrons. The van der Waals surface area contributed by atoms with Crippen molar-refractivity contribution in [2.75, 3.05) is 24.6 Å². The zero-order valence-corrected chi connectivity index (χ0v) is 13.5. The number of aliphatic hydroxyl groups excluding tert-OH is 1. The molecule has 1 aromatic rings. The van der Waals surface area contributed by atoms with Crippen molar-refractivity contribution in [2.24, 2.45) is 0 Å². The van der Waals surface area contributed by atoms with Gasteiger partial charge in [-0.25, -0.2) is 4.79 Å². The fraction of sp³-hybridized carbons (Fsp3) is 0.588. The molecule has 0 saturated carbocycles. The molecule has 0 spiro atoms. The Balaban J connectivity index is 1.85. The summed E-state index contributed by atoms with van der Waals surface area (Å²) >= 11 is 0. The maximum absolute atomic E-state index is 12.0. The van der Waals surface area contributed by atoms with Crippen LogP contribution < -0.4 is 15.5 Å². The number of aliphatic hydroxyl groups is 1. The van der Waals surface area contributed by atoms with Crippen LogP contribution in [0.25, 0.3) is 0 Å². The van der Waals surface area contributed by atoms with Gasteiger partial charge in [-0.2, -0.15) is 0 Å². The zero-order chi connectivity index (χ0) is 15.9. The van der Waals surface area contributed by atoms with E-state index in [0.717, 1.165) is 25.9 Å². The van der Waals surface area contributed by atoms with Crippen molar-refractivity contribution in [1.29, 1.82) is 0 Å². The summed E-state index contributed by atoms with van der Waals surface area (Å²) in [4.78, 5) is 14.3. The summed E-state index contributed by atoms with van der Waals surface area (Å²) in [5.41, 5.74) is 2.47. The van der Waals surface area contributed by atoms with Crippen LogP contribution in [0.15, 0.2) is 24.3 Å². The van der Waals surface area contributed by atoms with Crippen LogP contribution in [-0.2, 0) is 0 Å². The molecule has 1 aromatic carbocycles. The van der Waals surface area contributed by atoms with Crippen LogP contribution in [0.2, 0.25) is 0 Å². The van der Waals surface area contributed by atoms with Gasteiger partial charge < -0.3 is 20.6 Å². The summed E-state index contributed by atoms with van der Waals surface area (Å²) in [5.74, 6) is 0. The highest BCUT2D eigenvalue weighted by Gasteiger charge is 2.22. The molecule has 3 N–H and O–H groups in total. The fourth-order valence-electron chi connectivity index (χ4n) is 2.80. The summed E-state index contributed by atoms with van der Waals surface area (Å²) in [6.45, 7) is 5.94. The molecule has 0 aromatic heterocycles. The van der Waals surface area contributed by atoms with Crippen LogP contribution in [0.1, 0.15) is 31.7 Å². The molecule has 1 aliphatic heterocycles. The molecule has 0 radical (unpaired) electrons. The van der Waals surface area contributed by atoms with Crippen molar-refractivity contribution in [3.63, 3.8) is 0 Å². The van der Waals surface area contributed by atoms with Crippen LogP contribution >= 0.6 is 0 Å². The van der Waals surface area contributed by atoms with E-state index in [1.165, 1.54) is 11.3 Å². The number of carbonyl (C=O) groups is 1. The number of hydrogen-bond acceptors (Lipinski definition) is 3. The van der Waals surface area contributed by atoms with E-state index in [0.29, 0.717) is 6.42 Å². The van der Waals surface area contributed by atoms with E-state index in [4.69, 9.17) is 5.11 Å². The summed E-state index contributed by atoms with van der Waals surface area (Å²) in [5, 5.41) is 14.8. The van der Waals surface area contributed by atoms with Gasteiger partial charge in [0.2, 0.25) is 0 Å². The lowest BCUT2D eigenvalue weighted by Gasteiger charge is -2.35. The molecule has 0 aliphatic carbocycles. The predicted molar refractivity (Wildman–Crippen MR) is 89.2 cm³/mol. The number of aryl methyl sites for hydroxylation is 1. The number of nitrogens with one attached hydrogen (secondary N) is 2. The first-order valence-electron chi connectivity index (χ1n) is 8.08. The van der Waals surface area contributed by atoms with E-state index in [2.05, 4.69) is 46.7 Å². The third-order valence-electron chi connectivity index (χ3n) is 4.10. The first kappa shape index (κ1) is 16.6. The quantitative estimate of drug-likeness (QED) is 0.780. The zero-order valence-electron chi connectivity index (χ0n) is 13.5. The van der Waals surface area contributed by atoms with Gasteiger partial charge >= 0.3 is 6.03 Å². The van der Waals surface area contributed by atoms with Crippen molar-refractivity contribution in [1.82, 2.24) is 10.6 Å². The molecule has 5 nitrogen and oxygen atoms in total. The van der Waals surface area contributed by atoms with Crippen LogP contribution in [0.5, 0.6) is 0 Å². The Morgan fingerprint density at radius 2 is 2.14 bits per heavy atom. The van der Waals surface area contributed by atoms with Crippen molar-refractivity contribution in [3.05, 3.63) is 29.8 Å². The number of carbonyl (C=O) groups excluding carboxylic acids is 1. The summed E-state index contributed by atoms with van der Waals surface area (Å²) in [6, 6.07) is 8.53. The first-order valence-corrected chi connectivity index (χ1v) is 8.08. The van der Waals surface area contributed by atoms with E-state index in [-0.39, 0.29) is 24.7 Å². The predicted octanol–water partition coefficient (Wildman–Crippen LogP) is 2.03. The highest BCUT2D eigenvalue weighted by molar-refractivity contribution is 5.74. The number of rotatable bonds is 5. The highest BCUT2D eigenvalue weighted by Crippen LogP contribution is 2.20. The minimum Gasteiger partial charge on any atom is -0.396 e. The third kappa shape index (κ3) is 4.91. The Morgan fingerprint density at radius 3 is 2.82 bits per heavy atom. The second-order valence-electron chi connectivity index (χ2n) is 6.15. The van der Waals surface area contributed by atoms with Gasteiger partial charge in [-0.05, 0) is 45.2 Å². The minimum atomic E-state index is -0.142. The topological polar surface area (TPSA) is 64.6 Å². The van der Waals surface area contributed by atoms with Crippen LogP contribution in [0, 0.1) is 6.92 Å². The molecule has 1 unspecified atom stereocenters. The number of benzene rings is 1. The van der Waals surface area contributed by atoms with E-state index in [1.807, 2.05) is 6.92 Å². The summed E-state index contributed by atoms with van der Waals surface area (Å²) < 4.78 is 0. The number of hydrogen-bond donors (Lipinski definition) is 3. The molecule has 2 atom stereocenters. The van der Waals surface area contributed by atoms with Gasteiger partial charge in [-0.15, -0.1) is 0 Å². The number of nitrogens with zero attached hydrogens (tertiary/aromatic N) is 1. The largest absolute Gasteiger partial charge is 0.396 e. The molecule has 1 fully saturated rings. The molecule has 2 rings (SSSR count). The van der Waals surface area contributed by atoms with Gasteiger partial charge in [0, 0.05) is 37.5 Å². The van der Waals surface area contributed by atoms with E-state index in [1.54, 1.807) is 0 Å². The van der Waals surface area contributed by atoms with Gasteiger partial charge in [0.15, 0.2) is 0 Å². The second-order valence-corrected chi connectivity index (χ2v) is 6.15. The van der Waals surface area contributed by atoms with Crippen LogP contribution in [0.4, 0.5) is 10.5 Å². The molecule has 5 heteroatoms. The lowest BCUT2D eigenvalue weighted by atomic mass is 10.0. The molecule has 1 heterocycles. The van der Waals surface area contributed by atoms with Gasteiger partial charge in [0.1, 0.15) is 0 Å². The molecular formula is C17H27N3O2. The Bertz CT molecular complexity index is 475. The SMILES string of the molecule is Cc1ccc(N2CCCC(NC(=O)N[C@H](C)CCO)C2)cc1. The molecule has 1 aliphatic rings. The third-order valence-corrected chi connectivity index (χ3v) is 4.10. The van der Waals surface area contributed by atoms with Crippen molar-refractivity contribution in [2.45, 2.75) is 45.2 Å². The van der Waals surface area contributed by atoms with Gasteiger partial charge in [-0.3, -0.25) is 0 Å². The fourth-order valence-corrected chi connectivity index (χ4v) is 2.80. The van der Waals surface area contributed by atoms with Crippen LogP contribution in [0.3, 0.4) is 0 Å². The van der Waals surface area contributed by atoms with Crippen molar-refractivity contribution in [3.8, 4) is 0 Å². The standard InChI is InChI=1S/C17H27N3O2/c1-13-5-7-16(8-6-13)20-10-3-4-15(12-20)19-17(22)18-14(2)9-11-21/h5-8,14-15,21H,3-4,9-12H2,1-2H3,(H2,18,19,22)/t14-,15?/m1/s1. The number of urea groups is 1. The summed E-state index contributed by atoms with van der Waals surface area (Å²) in [7, 11) is 0. The Morgan fingerprint density at radius 1 is 1.41 bits per heavy atom. The van der Waals surface area contributed by atoms with Crippen molar-refractivity contribution < 1.29 is 9.90 Å². The maximum atomic E-state index is 12.0. The average molecular weight is 305 g/mol. The van der Waals surface area contributed by atoms with Crippen molar-refractivity contribution >= 4 is 11.7 Å². The first-order chi connectivity index (χ1) is 10.6. The minimum absolute atomic E-state index is 0.0122. The lowest BCUT2D eigenvalue weighted by molar-refractivity contribution is 0.226. The van der Waals surface area contributed by atoms with E-state index < -0.39 is 0 Å². The van der Waals surface area contributed by atoms with Gasteiger partial charge in [-0.1, -0.05) is 17.7 Å². The number of amides is 2.